The SMILES string of the molecule is CN(Cc1ccsc1)S(=O)(=O)c1ccc(S(N)(=O)=O)cc1. The van der Waals surface area contributed by atoms with Crippen LogP contribution in [0.2, 0.25) is 0 Å². The summed E-state index contributed by atoms with van der Waals surface area (Å²) in [7, 11) is -6.04. The van der Waals surface area contributed by atoms with Crippen LogP contribution in [0.15, 0.2) is 50.9 Å². The maximum Gasteiger partial charge on any atom is 0.243 e. The van der Waals surface area contributed by atoms with Crippen LogP contribution >= 0.6 is 11.3 Å². The molecule has 0 amide bonds. The first-order chi connectivity index (χ1) is 9.71. The summed E-state index contributed by atoms with van der Waals surface area (Å²) in [6.45, 7) is 0.253. The van der Waals surface area contributed by atoms with Gasteiger partial charge in [0.15, 0.2) is 0 Å². The maximum atomic E-state index is 12.4. The monoisotopic (exact) mass is 346 g/mol. The number of hydrogen-bond acceptors (Lipinski definition) is 5. The number of rotatable bonds is 5. The van der Waals surface area contributed by atoms with Gasteiger partial charge in [0.25, 0.3) is 0 Å². The van der Waals surface area contributed by atoms with Crippen molar-refractivity contribution in [1.29, 1.82) is 0 Å². The second-order valence-corrected chi connectivity index (χ2v) is 8.80. The Bertz CT molecular complexity index is 810. The van der Waals surface area contributed by atoms with Crippen molar-refractivity contribution < 1.29 is 16.8 Å². The number of benzene rings is 1. The van der Waals surface area contributed by atoms with Gasteiger partial charge in [0.1, 0.15) is 0 Å². The number of primary sulfonamides is 1. The molecule has 0 aliphatic carbocycles. The fourth-order valence-electron chi connectivity index (χ4n) is 1.71. The van der Waals surface area contributed by atoms with E-state index in [2.05, 4.69) is 0 Å². The average molecular weight is 346 g/mol. The molecule has 114 valence electrons. The van der Waals surface area contributed by atoms with Crippen LogP contribution in [0.1, 0.15) is 5.56 Å². The first-order valence-corrected chi connectivity index (χ1v) is 9.74. The van der Waals surface area contributed by atoms with E-state index in [9.17, 15) is 16.8 Å². The van der Waals surface area contributed by atoms with E-state index in [1.165, 1.54) is 47.0 Å². The van der Waals surface area contributed by atoms with E-state index < -0.39 is 20.0 Å². The van der Waals surface area contributed by atoms with E-state index in [0.717, 1.165) is 5.56 Å². The van der Waals surface area contributed by atoms with E-state index in [4.69, 9.17) is 5.14 Å². The Balaban J connectivity index is 2.27. The van der Waals surface area contributed by atoms with Crippen LogP contribution in [-0.2, 0) is 26.6 Å². The van der Waals surface area contributed by atoms with E-state index in [1.807, 2.05) is 16.8 Å². The lowest BCUT2D eigenvalue weighted by atomic mass is 10.3. The zero-order valence-electron chi connectivity index (χ0n) is 11.1. The molecular weight excluding hydrogens is 332 g/mol. The Morgan fingerprint density at radius 2 is 1.62 bits per heavy atom. The van der Waals surface area contributed by atoms with Crippen molar-refractivity contribution in [2.45, 2.75) is 16.3 Å². The van der Waals surface area contributed by atoms with Crippen molar-refractivity contribution in [3.05, 3.63) is 46.7 Å². The summed E-state index contributed by atoms with van der Waals surface area (Å²) in [5.41, 5.74) is 0.896. The normalized spacial score (nSPS) is 12.7. The number of hydrogen-bond donors (Lipinski definition) is 1. The van der Waals surface area contributed by atoms with E-state index in [0.29, 0.717) is 0 Å². The molecule has 0 fully saturated rings. The highest BCUT2D eigenvalue weighted by molar-refractivity contribution is 7.89. The Morgan fingerprint density at radius 1 is 1.05 bits per heavy atom. The predicted molar refractivity (Wildman–Crippen MR) is 80.8 cm³/mol. The molecular formula is C12H14N2O4S3. The highest BCUT2D eigenvalue weighted by Crippen LogP contribution is 2.19. The molecule has 0 spiro atoms. The lowest BCUT2D eigenvalue weighted by Crippen LogP contribution is -2.26. The third kappa shape index (κ3) is 3.69. The molecule has 2 rings (SSSR count). The van der Waals surface area contributed by atoms with Crippen molar-refractivity contribution in [3.8, 4) is 0 Å². The first-order valence-electron chi connectivity index (χ1n) is 5.81. The Hall–Kier alpha value is -1.26. The zero-order chi connectivity index (χ0) is 15.7. The molecule has 0 radical (unpaired) electrons. The minimum Gasteiger partial charge on any atom is -0.225 e. The molecule has 0 saturated heterocycles. The van der Waals surface area contributed by atoms with Crippen LogP contribution in [0.25, 0.3) is 0 Å². The van der Waals surface area contributed by atoms with E-state index >= 15 is 0 Å². The minimum atomic E-state index is -3.83. The van der Waals surface area contributed by atoms with Crippen LogP contribution in [0, 0.1) is 0 Å². The standard InChI is InChI=1S/C12H14N2O4S3/c1-14(8-10-6-7-19-9-10)21(17,18)12-4-2-11(3-5-12)20(13,15)16/h2-7,9H,8H2,1H3,(H2,13,15,16). The average Bonchev–Trinajstić information content (AvgIpc) is 2.90. The highest BCUT2D eigenvalue weighted by atomic mass is 32.2. The van der Waals surface area contributed by atoms with Gasteiger partial charge in [-0.05, 0) is 46.7 Å². The number of thiophene rings is 1. The molecule has 6 nitrogen and oxygen atoms in total. The number of sulfonamides is 2. The molecule has 0 aliphatic rings. The van der Waals surface area contributed by atoms with Crippen LogP contribution in [0.5, 0.6) is 0 Å². The fourth-order valence-corrected chi connectivity index (χ4v) is 4.04. The fraction of sp³-hybridized carbons (Fsp3) is 0.167. The molecule has 2 aromatic rings. The van der Waals surface area contributed by atoms with Gasteiger partial charge in [-0.1, -0.05) is 0 Å². The molecule has 0 aliphatic heterocycles. The smallest absolute Gasteiger partial charge is 0.225 e. The largest absolute Gasteiger partial charge is 0.243 e. The van der Waals surface area contributed by atoms with Crippen molar-refractivity contribution in [1.82, 2.24) is 4.31 Å². The van der Waals surface area contributed by atoms with Crippen molar-refractivity contribution in [3.63, 3.8) is 0 Å². The second kappa shape index (κ2) is 5.85. The van der Waals surface area contributed by atoms with Crippen molar-refractivity contribution in [2.24, 2.45) is 5.14 Å². The predicted octanol–water partition coefficient (Wildman–Crippen LogP) is 1.22. The van der Waals surface area contributed by atoms with Gasteiger partial charge in [-0.3, -0.25) is 0 Å². The molecule has 9 heteroatoms. The van der Waals surface area contributed by atoms with Crippen molar-refractivity contribution in [2.75, 3.05) is 7.05 Å². The summed E-state index contributed by atoms with van der Waals surface area (Å²) in [5.74, 6) is 0. The molecule has 21 heavy (non-hydrogen) atoms. The van der Waals surface area contributed by atoms with Gasteiger partial charge in [0.05, 0.1) is 9.79 Å². The summed E-state index contributed by atoms with van der Waals surface area (Å²) < 4.78 is 48.3. The van der Waals surface area contributed by atoms with Crippen LogP contribution < -0.4 is 5.14 Å². The summed E-state index contributed by atoms with van der Waals surface area (Å²) in [4.78, 5) is -0.102. The van der Waals surface area contributed by atoms with Gasteiger partial charge < -0.3 is 0 Å². The van der Waals surface area contributed by atoms with E-state index in [1.54, 1.807) is 0 Å². The Kier molecular flexibility index (Phi) is 4.49. The topological polar surface area (TPSA) is 97.5 Å². The van der Waals surface area contributed by atoms with Gasteiger partial charge in [0, 0.05) is 13.6 Å². The van der Waals surface area contributed by atoms with Gasteiger partial charge in [-0.2, -0.15) is 15.6 Å². The van der Waals surface area contributed by atoms with Crippen molar-refractivity contribution >= 4 is 31.4 Å². The quantitative estimate of drug-likeness (QED) is 0.880. The first kappa shape index (κ1) is 16.1. The van der Waals surface area contributed by atoms with Crippen LogP contribution in [-0.4, -0.2) is 28.2 Å². The molecule has 2 N–H and O–H groups in total. The molecule has 1 heterocycles. The molecule has 1 aromatic carbocycles. The third-order valence-electron chi connectivity index (χ3n) is 2.85. The van der Waals surface area contributed by atoms with E-state index in [-0.39, 0.29) is 16.3 Å². The highest BCUT2D eigenvalue weighted by Gasteiger charge is 2.21. The molecule has 0 saturated carbocycles. The zero-order valence-corrected chi connectivity index (χ0v) is 13.6. The van der Waals surface area contributed by atoms with Gasteiger partial charge in [0.2, 0.25) is 20.0 Å². The second-order valence-electron chi connectivity index (χ2n) is 4.41. The van der Waals surface area contributed by atoms with Gasteiger partial charge >= 0.3 is 0 Å². The Labute approximate surface area is 127 Å². The summed E-state index contributed by atoms with van der Waals surface area (Å²) in [6, 6.07) is 6.68. The summed E-state index contributed by atoms with van der Waals surface area (Å²) >= 11 is 1.49. The van der Waals surface area contributed by atoms with Crippen LogP contribution in [0.3, 0.4) is 0 Å². The molecule has 0 bridgehead atoms. The Morgan fingerprint density at radius 3 is 2.10 bits per heavy atom. The maximum absolute atomic E-state index is 12.4. The van der Waals surface area contributed by atoms with Gasteiger partial charge in [-0.15, -0.1) is 0 Å². The molecule has 0 atom stereocenters. The number of nitrogens with zero attached hydrogens (tertiary/aromatic N) is 1. The van der Waals surface area contributed by atoms with Gasteiger partial charge in [-0.25, -0.2) is 22.0 Å². The lowest BCUT2D eigenvalue weighted by molar-refractivity contribution is 0.467. The summed E-state index contributed by atoms with van der Waals surface area (Å²) in [5, 5.41) is 8.72. The number of nitrogens with two attached hydrogens (primary N) is 1. The lowest BCUT2D eigenvalue weighted by Gasteiger charge is -2.16. The summed E-state index contributed by atoms with van der Waals surface area (Å²) in [6.07, 6.45) is 0. The van der Waals surface area contributed by atoms with Crippen LogP contribution in [0.4, 0.5) is 0 Å². The minimum absolute atomic E-state index is 0.0210. The molecule has 1 aromatic heterocycles. The molecule has 0 unspecified atom stereocenters. The third-order valence-corrected chi connectivity index (χ3v) is 6.32.